The van der Waals surface area contributed by atoms with Crippen LogP contribution in [0.4, 0.5) is 17.6 Å². The van der Waals surface area contributed by atoms with E-state index >= 15 is 0 Å². The molecule has 1 aromatic carbocycles. The number of benzene rings is 1. The molecule has 1 aromatic rings. The van der Waals surface area contributed by atoms with Crippen molar-refractivity contribution in [2.75, 3.05) is 13.1 Å². The Morgan fingerprint density at radius 1 is 1.31 bits per heavy atom. The van der Waals surface area contributed by atoms with E-state index in [0.29, 0.717) is 4.90 Å². The van der Waals surface area contributed by atoms with Gasteiger partial charge in [-0.25, -0.2) is 4.39 Å². The Morgan fingerprint density at radius 3 is 2.58 bits per heavy atom. The molecule has 0 bridgehead atoms. The molecule has 1 aliphatic carbocycles. The van der Waals surface area contributed by atoms with Crippen LogP contribution in [0.2, 0.25) is 5.02 Å². The second-order valence-corrected chi connectivity index (χ2v) is 7.10. The van der Waals surface area contributed by atoms with E-state index in [0.717, 1.165) is 12.8 Å². The first kappa shape index (κ1) is 18.9. The molecule has 1 heterocycles. The van der Waals surface area contributed by atoms with Gasteiger partial charge < -0.3 is 9.80 Å². The van der Waals surface area contributed by atoms with Crippen LogP contribution in [0.5, 0.6) is 0 Å². The molecule has 3 rings (SSSR count). The van der Waals surface area contributed by atoms with E-state index in [2.05, 4.69) is 0 Å². The highest BCUT2D eigenvalue weighted by Crippen LogP contribution is 2.34. The predicted octanol–water partition coefficient (Wildman–Crippen LogP) is 3.38. The molecule has 1 atom stereocenters. The Labute approximate surface area is 152 Å². The summed E-state index contributed by atoms with van der Waals surface area (Å²) in [6, 6.07) is 4.11. The van der Waals surface area contributed by atoms with Crippen LogP contribution in [0, 0.1) is 11.7 Å². The van der Waals surface area contributed by atoms with E-state index in [1.54, 1.807) is 0 Å². The zero-order chi connectivity index (χ0) is 19.1. The third-order valence-electron chi connectivity index (χ3n) is 4.59. The maximum absolute atomic E-state index is 14.0. The normalized spacial score (nSPS) is 20.6. The van der Waals surface area contributed by atoms with Gasteiger partial charge in [0, 0.05) is 29.6 Å². The number of halogens is 5. The Hall–Kier alpha value is -1.83. The van der Waals surface area contributed by atoms with Gasteiger partial charge in [-0.05, 0) is 25.0 Å². The average Bonchev–Trinajstić information content (AvgIpc) is 3.30. The maximum Gasteiger partial charge on any atom is 0.406 e. The topological polar surface area (TPSA) is 40.6 Å². The fourth-order valence-electron chi connectivity index (χ4n) is 3.17. The summed E-state index contributed by atoms with van der Waals surface area (Å²) in [5.74, 6) is -2.52. The largest absolute Gasteiger partial charge is 0.406 e. The van der Waals surface area contributed by atoms with Crippen molar-refractivity contribution in [1.82, 2.24) is 9.80 Å². The molecule has 2 aliphatic rings. The minimum atomic E-state index is -4.51. The van der Waals surface area contributed by atoms with Crippen molar-refractivity contribution in [1.29, 1.82) is 0 Å². The molecule has 0 spiro atoms. The van der Waals surface area contributed by atoms with E-state index in [-0.39, 0.29) is 36.1 Å². The zero-order valence-corrected chi connectivity index (χ0v) is 14.5. The van der Waals surface area contributed by atoms with Crippen LogP contribution in [-0.2, 0) is 16.1 Å². The third-order valence-corrected chi connectivity index (χ3v) is 4.95. The monoisotopic (exact) mass is 392 g/mol. The van der Waals surface area contributed by atoms with Crippen molar-refractivity contribution < 1.29 is 27.2 Å². The van der Waals surface area contributed by atoms with Gasteiger partial charge in [-0.2, -0.15) is 13.2 Å². The Balaban J connectivity index is 1.73. The molecule has 1 saturated heterocycles. The number of hydrogen-bond donors (Lipinski definition) is 0. The molecule has 0 aromatic heterocycles. The molecule has 0 N–H and O–H groups in total. The summed E-state index contributed by atoms with van der Waals surface area (Å²) in [4.78, 5) is 26.7. The first-order valence-corrected chi connectivity index (χ1v) is 8.61. The lowest BCUT2D eigenvalue weighted by Crippen LogP contribution is -2.40. The number of nitrogens with zero attached hydrogens (tertiary/aromatic N) is 2. The van der Waals surface area contributed by atoms with Crippen molar-refractivity contribution in [3.63, 3.8) is 0 Å². The number of hydrogen-bond acceptors (Lipinski definition) is 2. The number of carbonyl (C=O) groups excluding carboxylic acids is 2. The van der Waals surface area contributed by atoms with Gasteiger partial charge >= 0.3 is 6.18 Å². The van der Waals surface area contributed by atoms with Crippen LogP contribution in [0.15, 0.2) is 18.2 Å². The zero-order valence-electron chi connectivity index (χ0n) is 13.7. The van der Waals surface area contributed by atoms with Crippen molar-refractivity contribution >= 4 is 23.4 Å². The fraction of sp³-hybridized carbons (Fsp3) is 0.529. The standard InChI is InChI=1S/C17H17ClF4N2O2/c18-13-2-1-3-14(19)12(13)8-24(11-4-5-11)16(26)10-6-15(25)23(7-10)9-17(20,21)22/h1-3,10-11H,4-9H2. The molecular formula is C17H17ClF4N2O2. The van der Waals surface area contributed by atoms with Gasteiger partial charge in [-0.1, -0.05) is 17.7 Å². The van der Waals surface area contributed by atoms with Crippen molar-refractivity contribution in [3.8, 4) is 0 Å². The van der Waals surface area contributed by atoms with E-state index in [1.807, 2.05) is 0 Å². The highest BCUT2D eigenvalue weighted by molar-refractivity contribution is 6.31. The quantitative estimate of drug-likeness (QED) is 0.721. The summed E-state index contributed by atoms with van der Waals surface area (Å²) in [5, 5.41) is 0.185. The minimum Gasteiger partial charge on any atom is -0.335 e. The molecule has 0 radical (unpaired) electrons. The van der Waals surface area contributed by atoms with Crippen LogP contribution in [0.3, 0.4) is 0 Å². The molecule has 9 heteroatoms. The lowest BCUT2D eigenvalue weighted by molar-refractivity contribution is -0.157. The Morgan fingerprint density at radius 2 is 2.00 bits per heavy atom. The summed E-state index contributed by atoms with van der Waals surface area (Å²) in [6.07, 6.45) is -3.29. The predicted molar refractivity (Wildman–Crippen MR) is 85.7 cm³/mol. The van der Waals surface area contributed by atoms with E-state index in [4.69, 9.17) is 11.6 Å². The van der Waals surface area contributed by atoms with Gasteiger partial charge in [-0.15, -0.1) is 0 Å². The molecule has 1 saturated carbocycles. The van der Waals surface area contributed by atoms with Gasteiger partial charge in [0.2, 0.25) is 11.8 Å². The van der Waals surface area contributed by atoms with Gasteiger partial charge in [0.05, 0.1) is 12.5 Å². The smallest absolute Gasteiger partial charge is 0.335 e. The highest BCUT2D eigenvalue weighted by Gasteiger charge is 2.44. The van der Waals surface area contributed by atoms with Crippen LogP contribution in [0.25, 0.3) is 0 Å². The van der Waals surface area contributed by atoms with Gasteiger partial charge in [0.15, 0.2) is 0 Å². The molecule has 1 aliphatic heterocycles. The Bertz CT molecular complexity index is 701. The number of likely N-dealkylation sites (tertiary alicyclic amines) is 1. The second kappa shape index (κ2) is 7.06. The van der Waals surface area contributed by atoms with Crippen molar-refractivity contribution in [2.24, 2.45) is 5.92 Å². The molecule has 26 heavy (non-hydrogen) atoms. The molecular weight excluding hydrogens is 376 g/mol. The summed E-state index contributed by atoms with van der Waals surface area (Å²) in [6.45, 7) is -1.69. The third kappa shape index (κ3) is 4.28. The van der Waals surface area contributed by atoms with Crippen LogP contribution >= 0.6 is 11.6 Å². The first-order valence-electron chi connectivity index (χ1n) is 8.23. The number of rotatable bonds is 5. The molecule has 4 nitrogen and oxygen atoms in total. The SMILES string of the molecule is O=C1CC(C(=O)N(Cc2c(F)cccc2Cl)C2CC2)CN1CC(F)(F)F. The van der Waals surface area contributed by atoms with E-state index in [9.17, 15) is 27.2 Å². The Kier molecular flexibility index (Phi) is 5.14. The number of carbonyl (C=O) groups is 2. The lowest BCUT2D eigenvalue weighted by atomic mass is 10.1. The van der Waals surface area contributed by atoms with Gasteiger partial charge in [0.1, 0.15) is 12.4 Å². The number of alkyl halides is 3. The lowest BCUT2D eigenvalue weighted by Gasteiger charge is -2.26. The molecule has 2 fully saturated rings. The highest BCUT2D eigenvalue weighted by atomic mass is 35.5. The number of amides is 2. The summed E-state index contributed by atoms with van der Waals surface area (Å²) in [7, 11) is 0. The molecule has 2 amide bonds. The van der Waals surface area contributed by atoms with E-state index in [1.165, 1.54) is 23.1 Å². The second-order valence-electron chi connectivity index (χ2n) is 6.69. The van der Waals surface area contributed by atoms with Gasteiger partial charge in [-0.3, -0.25) is 9.59 Å². The molecule has 1 unspecified atom stereocenters. The fourth-order valence-corrected chi connectivity index (χ4v) is 3.39. The average molecular weight is 393 g/mol. The van der Waals surface area contributed by atoms with Crippen LogP contribution in [-0.4, -0.2) is 46.9 Å². The summed E-state index contributed by atoms with van der Waals surface area (Å²) >= 11 is 6.02. The summed E-state index contributed by atoms with van der Waals surface area (Å²) in [5.41, 5.74) is 0.172. The van der Waals surface area contributed by atoms with Crippen LogP contribution in [0.1, 0.15) is 24.8 Å². The van der Waals surface area contributed by atoms with Crippen molar-refractivity contribution in [2.45, 2.75) is 38.0 Å². The van der Waals surface area contributed by atoms with Gasteiger partial charge in [0.25, 0.3) is 0 Å². The minimum absolute atomic E-state index is 0.0566. The van der Waals surface area contributed by atoms with E-state index < -0.39 is 36.3 Å². The van der Waals surface area contributed by atoms with Crippen molar-refractivity contribution in [3.05, 3.63) is 34.6 Å². The first-order chi connectivity index (χ1) is 12.2. The maximum atomic E-state index is 14.0. The molecule has 142 valence electrons. The summed E-state index contributed by atoms with van der Waals surface area (Å²) < 4.78 is 51.6. The van der Waals surface area contributed by atoms with Crippen LogP contribution < -0.4 is 0 Å².